The summed E-state index contributed by atoms with van der Waals surface area (Å²) < 4.78 is 0.991. The fourth-order valence-electron chi connectivity index (χ4n) is 5.00. The molecule has 2 fully saturated rings. The lowest BCUT2D eigenvalue weighted by atomic mass is 9.91. The molecule has 0 unspecified atom stereocenters. The molecule has 2 aliphatic heterocycles. The van der Waals surface area contributed by atoms with Crippen LogP contribution in [0.3, 0.4) is 0 Å². The smallest absolute Gasteiger partial charge is 0.172 e. The Balaban J connectivity index is 1.38. The number of carbonyl (C=O) groups is 1. The lowest BCUT2D eigenvalue weighted by Crippen LogP contribution is -2.48. The SMILES string of the molecule is CC(C)N1CC(c2cnc3c(C(=O)Cc4cnccc4N4CCC[C@H](N)C4)c(N)sc3c2)C1. The minimum absolute atomic E-state index is 0.0100. The van der Waals surface area contributed by atoms with Crippen LogP contribution in [0.2, 0.25) is 0 Å². The molecule has 3 aromatic heterocycles. The van der Waals surface area contributed by atoms with E-state index in [1.807, 2.05) is 12.3 Å². The van der Waals surface area contributed by atoms with Crippen LogP contribution >= 0.6 is 11.3 Å². The van der Waals surface area contributed by atoms with Crippen LogP contribution in [-0.4, -0.2) is 58.9 Å². The Kier molecular flexibility index (Phi) is 6.07. The maximum Gasteiger partial charge on any atom is 0.172 e. The van der Waals surface area contributed by atoms with E-state index in [2.05, 4.69) is 34.7 Å². The van der Waals surface area contributed by atoms with Gasteiger partial charge in [0.1, 0.15) is 0 Å². The summed E-state index contributed by atoms with van der Waals surface area (Å²) in [5, 5.41) is 0.544. The van der Waals surface area contributed by atoms with E-state index in [1.165, 1.54) is 16.9 Å². The van der Waals surface area contributed by atoms with Crippen LogP contribution in [0, 0.1) is 0 Å². The first kappa shape index (κ1) is 22.3. The molecule has 5 heterocycles. The van der Waals surface area contributed by atoms with Gasteiger partial charge in [-0.25, -0.2) is 0 Å². The first-order valence-corrected chi connectivity index (χ1v) is 12.6. The third kappa shape index (κ3) is 4.35. The predicted molar refractivity (Wildman–Crippen MR) is 135 cm³/mol. The van der Waals surface area contributed by atoms with Crippen molar-refractivity contribution in [1.82, 2.24) is 14.9 Å². The van der Waals surface area contributed by atoms with Crippen molar-refractivity contribution in [2.45, 2.75) is 51.1 Å². The predicted octanol–water partition coefficient (Wildman–Crippen LogP) is 3.43. The Morgan fingerprint density at radius 3 is 2.85 bits per heavy atom. The zero-order chi connectivity index (χ0) is 23.1. The van der Waals surface area contributed by atoms with Crippen LogP contribution in [0.5, 0.6) is 0 Å². The summed E-state index contributed by atoms with van der Waals surface area (Å²) in [7, 11) is 0. The number of hydrogen-bond acceptors (Lipinski definition) is 8. The number of hydrogen-bond donors (Lipinski definition) is 2. The number of rotatable bonds is 6. The van der Waals surface area contributed by atoms with Crippen LogP contribution in [0.1, 0.15) is 54.1 Å². The number of ketones is 1. The monoisotopic (exact) mass is 464 g/mol. The molecule has 0 spiro atoms. The number of anilines is 2. The van der Waals surface area contributed by atoms with Crippen molar-refractivity contribution in [1.29, 1.82) is 0 Å². The van der Waals surface area contributed by atoms with E-state index in [9.17, 15) is 4.79 Å². The standard InChI is InChI=1S/C25H32N6OS/c1-15(2)31-12-18(13-31)16-9-22-24(29-11-16)23(25(27)33-22)21(32)8-17-10-28-6-5-20(17)30-7-3-4-19(26)14-30/h5-6,9-11,15,18-19H,3-4,7-8,12-14,26-27H2,1-2H3/t19-/m0/s1. The van der Waals surface area contributed by atoms with Crippen LogP contribution in [0.15, 0.2) is 30.7 Å². The summed E-state index contributed by atoms with van der Waals surface area (Å²) in [6.07, 6.45) is 7.85. The van der Waals surface area contributed by atoms with Gasteiger partial charge >= 0.3 is 0 Å². The molecule has 0 amide bonds. The zero-order valence-electron chi connectivity index (χ0n) is 19.3. The third-order valence-corrected chi connectivity index (χ3v) is 7.95. The number of thiophene rings is 1. The van der Waals surface area contributed by atoms with E-state index >= 15 is 0 Å². The number of likely N-dealkylation sites (tertiary alicyclic amines) is 1. The van der Waals surface area contributed by atoms with Crippen molar-refractivity contribution in [3.8, 4) is 0 Å². The molecule has 1 atom stereocenters. The highest BCUT2D eigenvalue weighted by molar-refractivity contribution is 7.23. The minimum Gasteiger partial charge on any atom is -0.390 e. The van der Waals surface area contributed by atoms with E-state index in [0.717, 1.165) is 60.5 Å². The lowest BCUT2D eigenvalue weighted by molar-refractivity contribution is 0.0995. The van der Waals surface area contributed by atoms with Gasteiger partial charge < -0.3 is 16.4 Å². The van der Waals surface area contributed by atoms with E-state index in [4.69, 9.17) is 16.5 Å². The van der Waals surface area contributed by atoms with E-state index in [-0.39, 0.29) is 18.2 Å². The molecule has 0 radical (unpaired) electrons. The highest BCUT2D eigenvalue weighted by Gasteiger charge is 2.31. The molecule has 2 aliphatic rings. The minimum atomic E-state index is -0.0100. The molecule has 0 saturated carbocycles. The number of nitrogens with zero attached hydrogens (tertiary/aromatic N) is 4. The maximum atomic E-state index is 13.4. The van der Waals surface area contributed by atoms with Gasteiger partial charge in [-0.05, 0) is 44.4 Å². The first-order valence-electron chi connectivity index (χ1n) is 11.8. The number of Topliss-reactive ketones (excluding diaryl/α,β-unsaturated/α-hetero) is 1. The van der Waals surface area contributed by atoms with Crippen molar-refractivity contribution < 1.29 is 4.79 Å². The lowest BCUT2D eigenvalue weighted by Gasteiger charge is -2.42. The Hall–Kier alpha value is -2.55. The molecular formula is C25H32N6OS. The second-order valence-corrected chi connectivity index (χ2v) is 10.7. The zero-order valence-corrected chi connectivity index (χ0v) is 20.1. The summed E-state index contributed by atoms with van der Waals surface area (Å²) in [5.74, 6) is 0.491. The highest BCUT2D eigenvalue weighted by atomic mass is 32.1. The van der Waals surface area contributed by atoms with Gasteiger partial charge in [-0.15, -0.1) is 11.3 Å². The van der Waals surface area contributed by atoms with Crippen molar-refractivity contribution in [3.05, 3.63) is 47.4 Å². The Labute approximate surface area is 198 Å². The van der Waals surface area contributed by atoms with Gasteiger partial charge in [-0.3, -0.25) is 19.7 Å². The molecule has 33 heavy (non-hydrogen) atoms. The van der Waals surface area contributed by atoms with Crippen molar-refractivity contribution in [3.63, 3.8) is 0 Å². The van der Waals surface area contributed by atoms with Gasteiger partial charge in [0, 0.05) is 80.4 Å². The average molecular weight is 465 g/mol. The molecule has 174 valence electrons. The molecule has 0 aromatic carbocycles. The summed E-state index contributed by atoms with van der Waals surface area (Å²) in [6, 6.07) is 4.89. The summed E-state index contributed by atoms with van der Waals surface area (Å²) in [6.45, 7) is 8.31. The van der Waals surface area contributed by atoms with Crippen LogP contribution in [0.4, 0.5) is 10.7 Å². The van der Waals surface area contributed by atoms with Crippen LogP contribution < -0.4 is 16.4 Å². The highest BCUT2D eigenvalue weighted by Crippen LogP contribution is 2.37. The topological polar surface area (TPSA) is 101 Å². The van der Waals surface area contributed by atoms with Gasteiger partial charge in [0.15, 0.2) is 5.78 Å². The second-order valence-electron chi connectivity index (χ2n) is 9.65. The molecule has 5 rings (SSSR count). The van der Waals surface area contributed by atoms with Crippen LogP contribution in [0.25, 0.3) is 10.2 Å². The summed E-state index contributed by atoms with van der Waals surface area (Å²) >= 11 is 1.46. The number of pyridine rings is 2. The molecule has 0 aliphatic carbocycles. The quantitative estimate of drug-likeness (QED) is 0.539. The second kappa shape index (κ2) is 9.00. The van der Waals surface area contributed by atoms with Gasteiger partial charge in [0.05, 0.1) is 20.8 Å². The van der Waals surface area contributed by atoms with Crippen molar-refractivity contribution in [2.75, 3.05) is 36.8 Å². The maximum absolute atomic E-state index is 13.4. The Morgan fingerprint density at radius 1 is 1.27 bits per heavy atom. The summed E-state index contributed by atoms with van der Waals surface area (Å²) in [4.78, 5) is 27.1. The fourth-order valence-corrected chi connectivity index (χ4v) is 6.00. The van der Waals surface area contributed by atoms with Crippen molar-refractivity contribution >= 4 is 38.0 Å². The average Bonchev–Trinajstić information content (AvgIpc) is 3.08. The first-order chi connectivity index (χ1) is 15.9. The number of aromatic nitrogens is 2. The third-order valence-electron chi connectivity index (χ3n) is 6.99. The van der Waals surface area contributed by atoms with Gasteiger partial charge in [0.25, 0.3) is 0 Å². The Morgan fingerprint density at radius 2 is 2.09 bits per heavy atom. The molecular weight excluding hydrogens is 432 g/mol. The molecule has 3 aromatic rings. The normalized spacial score (nSPS) is 19.9. The van der Waals surface area contributed by atoms with Gasteiger partial charge in [-0.2, -0.15) is 0 Å². The van der Waals surface area contributed by atoms with Gasteiger partial charge in [0.2, 0.25) is 0 Å². The van der Waals surface area contributed by atoms with Crippen LogP contribution in [-0.2, 0) is 6.42 Å². The number of nitrogen functional groups attached to an aromatic ring is 1. The molecule has 0 bridgehead atoms. The van der Waals surface area contributed by atoms with E-state index in [0.29, 0.717) is 22.5 Å². The largest absolute Gasteiger partial charge is 0.390 e. The van der Waals surface area contributed by atoms with E-state index < -0.39 is 0 Å². The number of fused-ring (bicyclic) bond motifs is 1. The molecule has 8 heteroatoms. The molecule has 4 N–H and O–H groups in total. The molecule has 7 nitrogen and oxygen atoms in total. The Bertz CT molecular complexity index is 1170. The number of carbonyl (C=O) groups excluding carboxylic acids is 1. The van der Waals surface area contributed by atoms with Crippen molar-refractivity contribution in [2.24, 2.45) is 5.73 Å². The number of nitrogens with two attached hydrogens (primary N) is 2. The molecule has 2 saturated heterocycles. The number of piperidine rings is 1. The summed E-state index contributed by atoms with van der Waals surface area (Å²) in [5.41, 5.74) is 17.0. The van der Waals surface area contributed by atoms with Gasteiger partial charge in [-0.1, -0.05) is 0 Å². The fraction of sp³-hybridized carbons (Fsp3) is 0.480. The van der Waals surface area contributed by atoms with E-state index in [1.54, 1.807) is 12.4 Å².